The smallest absolute Gasteiger partial charge is 0.261 e. The van der Waals surface area contributed by atoms with E-state index in [0.29, 0.717) is 24.4 Å². The van der Waals surface area contributed by atoms with Crippen LogP contribution in [-0.2, 0) is 14.9 Å². The van der Waals surface area contributed by atoms with Crippen LogP contribution in [0.3, 0.4) is 0 Å². The molecule has 162 valence electrons. The maximum Gasteiger partial charge on any atom is 0.261 e. The van der Waals surface area contributed by atoms with Gasteiger partial charge in [-0.15, -0.1) is 0 Å². The van der Waals surface area contributed by atoms with Crippen molar-refractivity contribution in [3.63, 3.8) is 0 Å². The van der Waals surface area contributed by atoms with E-state index < -0.39 is 10.1 Å². The first-order valence-electron chi connectivity index (χ1n) is 8.70. The van der Waals surface area contributed by atoms with Gasteiger partial charge in [-0.3, -0.25) is 14.3 Å². The van der Waals surface area contributed by atoms with Gasteiger partial charge in [0.25, 0.3) is 10.1 Å². The number of rotatable bonds is 4. The number of aromatic amines is 1. The minimum atomic E-state index is -3.67. The van der Waals surface area contributed by atoms with Crippen molar-refractivity contribution in [2.24, 2.45) is 28.3 Å². The fourth-order valence-corrected chi connectivity index (χ4v) is 3.03. The second kappa shape index (κ2) is 10.7. The fourth-order valence-electron chi connectivity index (χ4n) is 3.03. The van der Waals surface area contributed by atoms with E-state index in [4.69, 9.17) is 16.0 Å². The Morgan fingerprint density at radius 1 is 1.31 bits per heavy atom. The number of carbonyl (C=O) groups excluding carboxylic acids is 1. The van der Waals surface area contributed by atoms with E-state index in [1.165, 1.54) is 0 Å². The molecule has 0 aromatic carbocycles. The van der Waals surface area contributed by atoms with Crippen molar-refractivity contribution in [1.29, 1.82) is 0 Å². The lowest BCUT2D eigenvalue weighted by Gasteiger charge is -2.26. The summed E-state index contributed by atoms with van der Waals surface area (Å²) in [6, 6.07) is 1.78. The zero-order valence-corrected chi connectivity index (χ0v) is 16.8. The number of imidazole rings is 1. The SMILES string of the molecule is CS(=O)(=O)O.NC(N)=NCC1CCC(C(=O)Nc2ccnc3nc[nH]c23)CC1.O. The van der Waals surface area contributed by atoms with E-state index in [-0.39, 0.29) is 23.3 Å². The molecule has 0 bridgehead atoms. The van der Waals surface area contributed by atoms with Gasteiger partial charge in [-0.2, -0.15) is 8.42 Å². The molecule has 2 heterocycles. The van der Waals surface area contributed by atoms with Gasteiger partial charge >= 0.3 is 0 Å². The summed E-state index contributed by atoms with van der Waals surface area (Å²) in [5, 5.41) is 2.99. The molecule has 9 N–H and O–H groups in total. The van der Waals surface area contributed by atoms with Gasteiger partial charge < -0.3 is 27.2 Å². The Balaban J connectivity index is 0.000000628. The van der Waals surface area contributed by atoms with E-state index in [2.05, 4.69) is 25.3 Å². The van der Waals surface area contributed by atoms with Crippen LogP contribution in [-0.4, -0.2) is 58.1 Å². The first-order chi connectivity index (χ1) is 13.1. The Bertz CT molecular complexity index is 924. The van der Waals surface area contributed by atoms with Gasteiger partial charge in [0, 0.05) is 18.7 Å². The quantitative estimate of drug-likeness (QED) is 0.245. The number of hydrogen-bond acceptors (Lipinski definition) is 6. The topological polar surface area (TPSA) is 221 Å². The van der Waals surface area contributed by atoms with Crippen LogP contribution >= 0.6 is 0 Å². The van der Waals surface area contributed by atoms with Crippen LogP contribution < -0.4 is 16.8 Å². The Morgan fingerprint density at radius 2 is 1.93 bits per heavy atom. The summed E-state index contributed by atoms with van der Waals surface area (Å²) < 4.78 is 25.9. The van der Waals surface area contributed by atoms with Crippen LogP contribution in [0, 0.1) is 11.8 Å². The molecule has 2 aromatic heterocycles. The van der Waals surface area contributed by atoms with Crippen molar-refractivity contribution >= 4 is 38.8 Å². The summed E-state index contributed by atoms with van der Waals surface area (Å²) >= 11 is 0. The lowest BCUT2D eigenvalue weighted by molar-refractivity contribution is -0.121. The van der Waals surface area contributed by atoms with Gasteiger partial charge in [-0.05, 0) is 37.7 Å². The maximum absolute atomic E-state index is 12.5. The summed E-state index contributed by atoms with van der Waals surface area (Å²) in [6.07, 6.45) is 7.57. The van der Waals surface area contributed by atoms with Crippen molar-refractivity contribution in [3.8, 4) is 0 Å². The number of guanidine groups is 1. The molecule has 0 radical (unpaired) electrons. The highest BCUT2D eigenvalue weighted by Crippen LogP contribution is 2.30. The summed E-state index contributed by atoms with van der Waals surface area (Å²) in [5.41, 5.74) is 12.8. The number of nitrogens with zero attached hydrogens (tertiary/aromatic N) is 3. The van der Waals surface area contributed by atoms with Gasteiger partial charge in [0.05, 0.1) is 18.3 Å². The number of hydrogen-bond donors (Lipinski definition) is 5. The first kappa shape index (κ1) is 24.3. The summed E-state index contributed by atoms with van der Waals surface area (Å²) in [6.45, 7) is 0.649. The average molecular weight is 430 g/mol. The Hall–Kier alpha value is -2.77. The monoisotopic (exact) mass is 429 g/mol. The van der Waals surface area contributed by atoms with E-state index in [0.717, 1.165) is 36.9 Å². The third-order valence-electron chi connectivity index (χ3n) is 4.33. The standard InChI is InChI=1S/C15H21N7O.CH4O3S.H2O/c16-15(17)19-7-9-1-3-10(4-2-9)14(23)22-11-5-6-18-13-12(11)20-8-21-13;1-5(2,3)4;/h5-6,8-10H,1-4,7H2,(H4,16,17,19)(H2,18,20,21,22,23);1H3,(H,2,3,4);1H2. The van der Waals surface area contributed by atoms with Gasteiger partial charge in [-0.1, -0.05) is 0 Å². The number of nitrogens with two attached hydrogens (primary N) is 2. The van der Waals surface area contributed by atoms with Crippen LogP contribution in [0.1, 0.15) is 25.7 Å². The first-order valence-corrected chi connectivity index (χ1v) is 10.5. The van der Waals surface area contributed by atoms with Crippen LogP contribution in [0.4, 0.5) is 5.69 Å². The van der Waals surface area contributed by atoms with Crippen LogP contribution in [0.15, 0.2) is 23.6 Å². The summed E-state index contributed by atoms with van der Waals surface area (Å²) in [7, 11) is -3.67. The molecule has 0 aliphatic heterocycles. The van der Waals surface area contributed by atoms with Crippen LogP contribution in [0.2, 0.25) is 0 Å². The Labute approximate surface area is 168 Å². The Morgan fingerprint density at radius 3 is 2.52 bits per heavy atom. The number of aromatic nitrogens is 3. The molecular weight excluding hydrogens is 402 g/mol. The summed E-state index contributed by atoms with van der Waals surface area (Å²) in [5.74, 6) is 0.663. The zero-order chi connectivity index (χ0) is 20.7. The molecule has 1 aliphatic rings. The zero-order valence-electron chi connectivity index (χ0n) is 16.0. The normalized spacial score (nSPS) is 18.7. The molecule has 12 nitrogen and oxygen atoms in total. The van der Waals surface area contributed by atoms with Crippen molar-refractivity contribution in [2.75, 3.05) is 18.1 Å². The molecule has 1 fully saturated rings. The van der Waals surface area contributed by atoms with Gasteiger partial charge in [-0.25, -0.2) is 9.97 Å². The molecular formula is C16H27N7O5S. The number of H-pyrrole nitrogens is 1. The largest absolute Gasteiger partial charge is 0.412 e. The summed E-state index contributed by atoms with van der Waals surface area (Å²) in [4.78, 5) is 27.8. The van der Waals surface area contributed by atoms with Crippen molar-refractivity contribution in [2.45, 2.75) is 25.7 Å². The van der Waals surface area contributed by atoms with E-state index in [9.17, 15) is 13.2 Å². The molecule has 1 amide bonds. The third kappa shape index (κ3) is 8.41. The molecule has 1 saturated carbocycles. The lowest BCUT2D eigenvalue weighted by Crippen LogP contribution is -2.29. The molecule has 3 rings (SSSR count). The fraction of sp³-hybridized carbons (Fsp3) is 0.500. The highest BCUT2D eigenvalue weighted by molar-refractivity contribution is 7.85. The third-order valence-corrected chi connectivity index (χ3v) is 4.33. The van der Waals surface area contributed by atoms with E-state index in [1.807, 2.05) is 0 Å². The average Bonchev–Trinajstić information content (AvgIpc) is 3.09. The predicted octanol–water partition coefficient (Wildman–Crippen LogP) is -0.344. The van der Waals surface area contributed by atoms with Crippen molar-refractivity contribution < 1.29 is 23.2 Å². The molecule has 2 aromatic rings. The Kier molecular flexibility index (Phi) is 8.94. The number of pyridine rings is 1. The highest BCUT2D eigenvalue weighted by atomic mass is 32.2. The highest BCUT2D eigenvalue weighted by Gasteiger charge is 2.26. The van der Waals surface area contributed by atoms with E-state index in [1.54, 1.807) is 18.6 Å². The number of anilines is 1. The second-order valence-corrected chi connectivity index (χ2v) is 8.13. The molecule has 1 aliphatic carbocycles. The number of amides is 1. The molecule has 0 unspecified atom stereocenters. The van der Waals surface area contributed by atoms with Gasteiger partial charge in [0.15, 0.2) is 11.6 Å². The predicted molar refractivity (Wildman–Crippen MR) is 110 cm³/mol. The van der Waals surface area contributed by atoms with Gasteiger partial charge in [0.2, 0.25) is 5.91 Å². The minimum absolute atomic E-state index is 0. The molecule has 13 heteroatoms. The van der Waals surface area contributed by atoms with Crippen LogP contribution in [0.25, 0.3) is 11.2 Å². The van der Waals surface area contributed by atoms with Crippen molar-refractivity contribution in [3.05, 3.63) is 18.6 Å². The lowest BCUT2D eigenvalue weighted by atomic mass is 9.81. The molecule has 0 saturated heterocycles. The maximum atomic E-state index is 12.5. The molecule has 29 heavy (non-hydrogen) atoms. The molecule has 0 atom stereocenters. The second-order valence-electron chi connectivity index (χ2n) is 6.67. The number of nitrogens with one attached hydrogen (secondary N) is 2. The van der Waals surface area contributed by atoms with Gasteiger partial charge in [0.1, 0.15) is 5.52 Å². The number of fused-ring (bicyclic) bond motifs is 1. The van der Waals surface area contributed by atoms with E-state index >= 15 is 0 Å². The number of carbonyl (C=O) groups is 1. The van der Waals surface area contributed by atoms with Crippen LogP contribution in [0.5, 0.6) is 0 Å². The molecule has 0 spiro atoms. The number of aliphatic imine (C=N–C) groups is 1. The minimum Gasteiger partial charge on any atom is -0.412 e. The van der Waals surface area contributed by atoms with Crippen molar-refractivity contribution in [1.82, 2.24) is 15.0 Å².